The van der Waals surface area contributed by atoms with Gasteiger partial charge in [0.05, 0.1) is 39.6 Å². The van der Waals surface area contributed by atoms with Gasteiger partial charge in [0.25, 0.3) is 5.69 Å². The molecule has 0 spiro atoms. The first-order valence-corrected chi connectivity index (χ1v) is 10.6. The largest absolute Gasteiger partial charge is 0.395 e. The van der Waals surface area contributed by atoms with Crippen molar-refractivity contribution < 1.29 is 15.0 Å². The van der Waals surface area contributed by atoms with Crippen molar-refractivity contribution in [1.29, 1.82) is 0 Å². The third-order valence-corrected chi connectivity index (χ3v) is 5.06. The number of benzene rings is 3. The van der Waals surface area contributed by atoms with E-state index in [4.69, 9.17) is 5.11 Å². The van der Waals surface area contributed by atoms with E-state index in [-0.39, 0.29) is 12.3 Å². The molecule has 0 unspecified atom stereocenters. The lowest BCUT2D eigenvalue weighted by molar-refractivity contribution is -0.393. The van der Waals surface area contributed by atoms with E-state index in [9.17, 15) is 20.2 Å². The molecule has 0 amide bonds. The zero-order valence-corrected chi connectivity index (χ0v) is 19.1. The molecule has 180 valence electrons. The number of nitro groups is 2. The Labute approximate surface area is 200 Å². The number of likely N-dealkylation sites (N-methyl/N-ethyl adjacent to an activating group) is 1. The summed E-state index contributed by atoms with van der Waals surface area (Å²) in [6.07, 6.45) is 0. The highest BCUT2D eigenvalue weighted by atomic mass is 16.6. The maximum Gasteiger partial charge on any atom is 0.303 e. The number of aliphatic hydroxyl groups is 1. The average Bonchev–Trinajstić information content (AvgIpc) is 2.85. The van der Waals surface area contributed by atoms with E-state index in [1.807, 2.05) is 36.1 Å². The Morgan fingerprint density at radius 3 is 2.06 bits per heavy atom. The van der Waals surface area contributed by atoms with Gasteiger partial charge >= 0.3 is 5.69 Å². The molecule has 0 saturated heterocycles. The Morgan fingerprint density at radius 1 is 0.829 bits per heavy atom. The highest BCUT2D eigenvalue weighted by Gasteiger charge is 2.19. The van der Waals surface area contributed by atoms with Gasteiger partial charge < -0.3 is 10.0 Å². The zero-order valence-electron chi connectivity index (χ0n) is 19.1. The van der Waals surface area contributed by atoms with Gasteiger partial charge in [0, 0.05) is 24.8 Å². The van der Waals surface area contributed by atoms with Crippen LogP contribution in [-0.2, 0) is 0 Å². The molecule has 0 radical (unpaired) electrons. The second-order valence-electron chi connectivity index (χ2n) is 7.38. The predicted octanol–water partition coefficient (Wildman–Crippen LogP) is 6.46. The third kappa shape index (κ3) is 6.48. The molecule has 0 aliphatic carbocycles. The number of azo groups is 2. The van der Waals surface area contributed by atoms with E-state index in [0.717, 1.165) is 24.4 Å². The van der Waals surface area contributed by atoms with Gasteiger partial charge in [0.1, 0.15) is 0 Å². The van der Waals surface area contributed by atoms with Gasteiger partial charge in [0.15, 0.2) is 5.69 Å². The lowest BCUT2D eigenvalue weighted by Gasteiger charge is -2.21. The van der Waals surface area contributed by atoms with Crippen LogP contribution in [0.15, 0.2) is 81.1 Å². The van der Waals surface area contributed by atoms with Crippen molar-refractivity contribution in [1.82, 2.24) is 0 Å². The van der Waals surface area contributed by atoms with E-state index >= 15 is 0 Å². The van der Waals surface area contributed by atoms with Gasteiger partial charge in [-0.05, 0) is 67.9 Å². The fraction of sp³-hybridized carbons (Fsp3) is 0.217. The second kappa shape index (κ2) is 11.5. The van der Waals surface area contributed by atoms with Crippen LogP contribution in [0.1, 0.15) is 12.5 Å². The summed E-state index contributed by atoms with van der Waals surface area (Å²) >= 11 is 0. The summed E-state index contributed by atoms with van der Waals surface area (Å²) in [5.41, 5.74) is 2.42. The van der Waals surface area contributed by atoms with Crippen molar-refractivity contribution in [3.05, 3.63) is 86.5 Å². The molecule has 0 atom stereocenters. The van der Waals surface area contributed by atoms with Crippen LogP contribution in [0.4, 0.5) is 39.8 Å². The molecule has 0 fully saturated rings. The summed E-state index contributed by atoms with van der Waals surface area (Å²) in [7, 11) is 0. The summed E-state index contributed by atoms with van der Waals surface area (Å²) < 4.78 is 0. The number of hydrogen-bond acceptors (Lipinski definition) is 10. The molecule has 1 N–H and O–H groups in total. The van der Waals surface area contributed by atoms with E-state index in [0.29, 0.717) is 29.2 Å². The number of nitrogens with zero attached hydrogens (tertiary/aromatic N) is 7. The molecule has 12 heteroatoms. The molecule has 3 aromatic carbocycles. The van der Waals surface area contributed by atoms with Crippen molar-refractivity contribution in [3.8, 4) is 0 Å². The molecule has 0 aromatic heterocycles. The van der Waals surface area contributed by atoms with E-state index in [1.54, 1.807) is 25.1 Å². The maximum absolute atomic E-state index is 11.3. The van der Waals surface area contributed by atoms with Crippen LogP contribution in [-0.4, -0.2) is 34.6 Å². The minimum absolute atomic E-state index is 0.0784. The van der Waals surface area contributed by atoms with Crippen LogP contribution >= 0.6 is 0 Å². The number of aliphatic hydroxyl groups excluding tert-OH is 1. The standard InChI is InChI=1S/C23H23N7O5/c1-3-28(12-13-31)19-7-4-17(5-8-19)24-25-18-6-10-21(16(2)14-18)26-27-22-11-9-20(29(32)33)15-23(22)30(34)35/h4-11,14-15,31H,3,12-13H2,1-2H3. The Morgan fingerprint density at radius 2 is 1.46 bits per heavy atom. The molecule has 0 bridgehead atoms. The fourth-order valence-corrected chi connectivity index (χ4v) is 3.21. The Bertz CT molecular complexity index is 1280. The lowest BCUT2D eigenvalue weighted by Crippen LogP contribution is -2.25. The van der Waals surface area contributed by atoms with Crippen LogP contribution in [0.25, 0.3) is 0 Å². The minimum Gasteiger partial charge on any atom is -0.395 e. The van der Waals surface area contributed by atoms with Gasteiger partial charge in [-0.1, -0.05) is 0 Å². The first-order chi connectivity index (χ1) is 16.8. The predicted molar refractivity (Wildman–Crippen MR) is 131 cm³/mol. The van der Waals surface area contributed by atoms with Crippen molar-refractivity contribution in [2.45, 2.75) is 13.8 Å². The van der Waals surface area contributed by atoms with Gasteiger partial charge in [-0.2, -0.15) is 15.3 Å². The first kappa shape index (κ1) is 25.1. The summed E-state index contributed by atoms with van der Waals surface area (Å²) in [4.78, 5) is 22.7. The van der Waals surface area contributed by atoms with Gasteiger partial charge in [-0.3, -0.25) is 20.2 Å². The summed E-state index contributed by atoms with van der Waals surface area (Å²) in [5, 5.41) is 47.7. The molecular formula is C23H23N7O5. The van der Waals surface area contributed by atoms with Crippen LogP contribution in [0.5, 0.6) is 0 Å². The number of rotatable bonds is 10. The average molecular weight is 477 g/mol. The van der Waals surface area contributed by atoms with E-state index in [2.05, 4.69) is 20.5 Å². The van der Waals surface area contributed by atoms with Crippen molar-refractivity contribution in [3.63, 3.8) is 0 Å². The quantitative estimate of drug-likeness (QED) is 0.200. The monoisotopic (exact) mass is 477 g/mol. The smallest absolute Gasteiger partial charge is 0.303 e. The van der Waals surface area contributed by atoms with Crippen LogP contribution in [0.3, 0.4) is 0 Å². The number of non-ortho nitro benzene ring substituents is 1. The number of anilines is 1. The molecule has 3 rings (SSSR count). The normalized spacial score (nSPS) is 11.3. The lowest BCUT2D eigenvalue weighted by atomic mass is 10.2. The number of aryl methyl sites for hydroxylation is 1. The Hall–Kier alpha value is -4.58. The Balaban J connectivity index is 1.75. The highest BCUT2D eigenvalue weighted by molar-refractivity contribution is 5.62. The summed E-state index contributed by atoms with van der Waals surface area (Å²) in [6.45, 7) is 5.21. The topological polar surface area (TPSA) is 159 Å². The van der Waals surface area contributed by atoms with Gasteiger partial charge in [-0.15, -0.1) is 5.11 Å². The minimum atomic E-state index is -0.739. The van der Waals surface area contributed by atoms with Crippen LogP contribution in [0.2, 0.25) is 0 Å². The van der Waals surface area contributed by atoms with Gasteiger partial charge in [0.2, 0.25) is 0 Å². The van der Waals surface area contributed by atoms with E-state index < -0.39 is 21.2 Å². The van der Waals surface area contributed by atoms with Crippen LogP contribution in [0, 0.1) is 27.2 Å². The molecule has 3 aromatic rings. The number of nitro benzene ring substituents is 2. The van der Waals surface area contributed by atoms with Crippen molar-refractivity contribution >= 4 is 39.8 Å². The summed E-state index contributed by atoms with van der Waals surface area (Å²) in [5.74, 6) is 0. The fourth-order valence-electron chi connectivity index (χ4n) is 3.21. The van der Waals surface area contributed by atoms with Crippen molar-refractivity contribution in [2.75, 3.05) is 24.6 Å². The molecule has 0 aliphatic heterocycles. The van der Waals surface area contributed by atoms with Crippen molar-refractivity contribution in [2.24, 2.45) is 20.5 Å². The maximum atomic E-state index is 11.3. The molecular weight excluding hydrogens is 454 g/mol. The molecule has 0 saturated carbocycles. The number of hydrogen-bond donors (Lipinski definition) is 1. The highest BCUT2D eigenvalue weighted by Crippen LogP contribution is 2.33. The molecule has 35 heavy (non-hydrogen) atoms. The SMILES string of the molecule is CCN(CCO)c1ccc(N=Nc2ccc(N=Nc3ccc([N+](=O)[O-])cc3[N+](=O)[O-])c(C)c2)cc1. The van der Waals surface area contributed by atoms with Gasteiger partial charge in [-0.25, -0.2) is 0 Å². The molecule has 0 heterocycles. The first-order valence-electron chi connectivity index (χ1n) is 10.6. The van der Waals surface area contributed by atoms with Crippen LogP contribution < -0.4 is 4.90 Å². The molecule has 0 aliphatic rings. The Kier molecular flexibility index (Phi) is 8.24. The molecule has 12 nitrogen and oxygen atoms in total. The zero-order chi connectivity index (χ0) is 25.4. The third-order valence-electron chi connectivity index (χ3n) is 5.06. The van der Waals surface area contributed by atoms with E-state index in [1.165, 1.54) is 6.07 Å². The second-order valence-corrected chi connectivity index (χ2v) is 7.38. The summed E-state index contributed by atoms with van der Waals surface area (Å²) in [6, 6.07) is 15.8.